The van der Waals surface area contributed by atoms with Crippen LogP contribution in [0.5, 0.6) is 0 Å². The topological polar surface area (TPSA) is 86.5 Å². The molecule has 0 unspecified atom stereocenters. The number of carbonyl (C=O) groups excluding carboxylic acids is 2. The van der Waals surface area contributed by atoms with E-state index in [-0.39, 0.29) is 12.2 Å². The van der Waals surface area contributed by atoms with Crippen LogP contribution < -0.4 is 0 Å². The van der Waals surface area contributed by atoms with E-state index in [1.54, 1.807) is 0 Å². The van der Waals surface area contributed by atoms with E-state index in [0.717, 1.165) is 7.11 Å². The first-order valence-electron chi connectivity index (χ1n) is 4.45. The summed E-state index contributed by atoms with van der Waals surface area (Å²) in [5.74, 6) is -2.05. The predicted molar refractivity (Wildman–Crippen MR) is 51.9 cm³/mol. The summed E-state index contributed by atoms with van der Waals surface area (Å²) in [6, 6.07) is 0. The van der Waals surface area contributed by atoms with Crippen LogP contribution in [0.15, 0.2) is 0 Å². The number of Topliss-reactive ketones (excluding diaryl/α,β-unsaturated/α-hetero) is 1. The van der Waals surface area contributed by atoms with Gasteiger partial charge in [-0.25, -0.2) is 0 Å². The van der Waals surface area contributed by atoms with Crippen LogP contribution in [0.2, 0.25) is 0 Å². The third-order valence-corrected chi connectivity index (χ3v) is 2.30. The van der Waals surface area contributed by atoms with E-state index in [0.29, 0.717) is 0 Å². The molecule has 0 aromatic carbocycles. The highest BCUT2D eigenvalue weighted by molar-refractivity contribution is 5.83. The van der Waals surface area contributed by atoms with Crippen molar-refractivity contribution in [2.45, 2.75) is 32.7 Å². The van der Waals surface area contributed by atoms with E-state index in [4.69, 9.17) is 0 Å². The van der Waals surface area contributed by atoms with Crippen LogP contribution in [0.1, 0.15) is 27.2 Å². The molecular weight excluding hydrogens is 202 g/mol. The van der Waals surface area contributed by atoms with Crippen LogP contribution in [0.25, 0.3) is 0 Å². The van der Waals surface area contributed by atoms with Gasteiger partial charge in [0.2, 0.25) is 5.54 Å². The molecule has 86 valence electrons. The standard InChI is InChI=1S/C9H15NO5/c1-6(11)5-7(8(12)15-4)9(2,3)10(13)14/h7H,5H2,1-4H3/t7-/m0/s1. The fraction of sp³-hybridized carbons (Fsp3) is 0.778. The van der Waals surface area contributed by atoms with Gasteiger partial charge in [0, 0.05) is 25.2 Å². The summed E-state index contributed by atoms with van der Waals surface area (Å²) in [4.78, 5) is 32.4. The third kappa shape index (κ3) is 3.30. The second-order valence-corrected chi connectivity index (χ2v) is 3.89. The molecule has 0 fully saturated rings. The molecular formula is C9H15NO5. The number of rotatable bonds is 5. The SMILES string of the molecule is COC(=O)[C@H](CC(C)=O)C(C)(C)[N+](=O)[O-]. The fourth-order valence-corrected chi connectivity index (χ4v) is 1.18. The maximum Gasteiger partial charge on any atom is 0.316 e. The Labute approximate surface area is 87.7 Å². The molecule has 0 spiro atoms. The Morgan fingerprint density at radius 1 is 1.47 bits per heavy atom. The van der Waals surface area contributed by atoms with Gasteiger partial charge >= 0.3 is 5.97 Å². The molecule has 0 radical (unpaired) electrons. The zero-order valence-electron chi connectivity index (χ0n) is 9.27. The van der Waals surface area contributed by atoms with Crippen molar-refractivity contribution in [1.29, 1.82) is 0 Å². The third-order valence-electron chi connectivity index (χ3n) is 2.30. The Kier molecular flexibility index (Phi) is 4.39. The average molecular weight is 217 g/mol. The van der Waals surface area contributed by atoms with Crippen molar-refractivity contribution in [1.82, 2.24) is 0 Å². The first-order chi connectivity index (χ1) is 6.73. The minimum Gasteiger partial charge on any atom is -0.469 e. The molecule has 0 aromatic rings. The molecule has 1 atom stereocenters. The number of methoxy groups -OCH3 is 1. The van der Waals surface area contributed by atoms with Crippen molar-refractivity contribution >= 4 is 11.8 Å². The predicted octanol–water partition coefficient (Wildman–Crippen LogP) is 0.810. The van der Waals surface area contributed by atoms with Gasteiger partial charge in [0.1, 0.15) is 11.7 Å². The summed E-state index contributed by atoms with van der Waals surface area (Å²) in [6.07, 6.45) is -0.180. The van der Waals surface area contributed by atoms with Gasteiger partial charge in [-0.1, -0.05) is 0 Å². The molecule has 0 saturated heterocycles. The van der Waals surface area contributed by atoms with Crippen LogP contribution in [0, 0.1) is 16.0 Å². The highest BCUT2D eigenvalue weighted by atomic mass is 16.6. The number of carbonyl (C=O) groups is 2. The lowest BCUT2D eigenvalue weighted by Crippen LogP contribution is -2.45. The maximum absolute atomic E-state index is 11.3. The summed E-state index contributed by atoms with van der Waals surface area (Å²) in [6.45, 7) is 3.89. The molecule has 0 N–H and O–H groups in total. The van der Waals surface area contributed by atoms with Crippen LogP contribution in [-0.2, 0) is 14.3 Å². The van der Waals surface area contributed by atoms with Gasteiger partial charge < -0.3 is 4.74 Å². The minimum absolute atomic E-state index is 0.180. The lowest BCUT2D eigenvalue weighted by Gasteiger charge is -2.23. The first kappa shape index (κ1) is 13.5. The molecule has 15 heavy (non-hydrogen) atoms. The van der Waals surface area contributed by atoms with Crippen LogP contribution in [-0.4, -0.2) is 29.3 Å². The van der Waals surface area contributed by atoms with Crippen molar-refractivity contribution in [3.8, 4) is 0 Å². The number of nitrogens with zero attached hydrogens (tertiary/aromatic N) is 1. The number of ether oxygens (including phenoxy) is 1. The monoisotopic (exact) mass is 217 g/mol. The lowest BCUT2D eigenvalue weighted by molar-refractivity contribution is -0.568. The molecule has 0 aliphatic rings. The number of esters is 1. The zero-order chi connectivity index (χ0) is 12.2. The number of ketones is 1. The zero-order valence-corrected chi connectivity index (χ0v) is 9.27. The van der Waals surface area contributed by atoms with E-state index in [1.165, 1.54) is 20.8 Å². The van der Waals surface area contributed by atoms with Gasteiger partial charge in [-0.05, 0) is 6.92 Å². The van der Waals surface area contributed by atoms with E-state index in [2.05, 4.69) is 4.74 Å². The molecule has 0 rings (SSSR count). The molecule has 0 aliphatic carbocycles. The molecule has 0 saturated carbocycles. The van der Waals surface area contributed by atoms with Crippen LogP contribution in [0.4, 0.5) is 0 Å². The summed E-state index contributed by atoms with van der Waals surface area (Å²) in [7, 11) is 1.14. The maximum atomic E-state index is 11.3. The molecule has 0 bridgehead atoms. The van der Waals surface area contributed by atoms with Gasteiger partial charge in [0.05, 0.1) is 7.11 Å². The van der Waals surface area contributed by atoms with Gasteiger partial charge in [0.25, 0.3) is 0 Å². The highest BCUT2D eigenvalue weighted by Crippen LogP contribution is 2.25. The van der Waals surface area contributed by atoms with Crippen molar-refractivity contribution in [2.75, 3.05) is 7.11 Å². The Morgan fingerprint density at radius 3 is 2.20 bits per heavy atom. The Bertz CT molecular complexity index is 284. The van der Waals surface area contributed by atoms with E-state index < -0.39 is 22.3 Å². The van der Waals surface area contributed by atoms with Gasteiger partial charge in [-0.3, -0.25) is 19.7 Å². The second-order valence-electron chi connectivity index (χ2n) is 3.89. The summed E-state index contributed by atoms with van der Waals surface area (Å²) < 4.78 is 4.45. The van der Waals surface area contributed by atoms with Gasteiger partial charge in [-0.2, -0.15) is 0 Å². The Hall–Kier alpha value is -1.46. The number of hydrogen-bond acceptors (Lipinski definition) is 5. The van der Waals surface area contributed by atoms with Gasteiger partial charge in [-0.15, -0.1) is 0 Å². The van der Waals surface area contributed by atoms with E-state index in [1.807, 2.05) is 0 Å². The molecule has 0 amide bonds. The Balaban J connectivity index is 5.01. The number of nitro groups is 1. The average Bonchev–Trinajstić information content (AvgIpc) is 2.12. The van der Waals surface area contributed by atoms with Crippen LogP contribution in [0.3, 0.4) is 0 Å². The molecule has 0 aliphatic heterocycles. The summed E-state index contributed by atoms with van der Waals surface area (Å²) >= 11 is 0. The smallest absolute Gasteiger partial charge is 0.316 e. The van der Waals surface area contributed by atoms with Crippen molar-refractivity contribution in [3.05, 3.63) is 10.1 Å². The Morgan fingerprint density at radius 2 is 1.93 bits per heavy atom. The molecule has 6 heteroatoms. The van der Waals surface area contributed by atoms with Crippen LogP contribution >= 0.6 is 0 Å². The first-order valence-corrected chi connectivity index (χ1v) is 4.45. The lowest BCUT2D eigenvalue weighted by atomic mass is 9.84. The molecule has 0 aromatic heterocycles. The normalized spacial score (nSPS) is 13.1. The van der Waals surface area contributed by atoms with Crippen molar-refractivity contribution in [2.24, 2.45) is 5.92 Å². The van der Waals surface area contributed by atoms with E-state index in [9.17, 15) is 19.7 Å². The minimum atomic E-state index is -1.50. The fourth-order valence-electron chi connectivity index (χ4n) is 1.18. The molecule has 0 heterocycles. The quantitative estimate of drug-likeness (QED) is 0.386. The van der Waals surface area contributed by atoms with Gasteiger partial charge in [0.15, 0.2) is 0 Å². The van der Waals surface area contributed by atoms with Crippen molar-refractivity contribution < 1.29 is 19.2 Å². The molecule has 6 nitrogen and oxygen atoms in total. The number of hydrogen-bond donors (Lipinski definition) is 0. The summed E-state index contributed by atoms with van der Waals surface area (Å²) in [5.41, 5.74) is -1.50. The largest absolute Gasteiger partial charge is 0.469 e. The van der Waals surface area contributed by atoms with E-state index >= 15 is 0 Å². The highest BCUT2D eigenvalue weighted by Gasteiger charge is 2.46. The van der Waals surface area contributed by atoms with Crippen molar-refractivity contribution in [3.63, 3.8) is 0 Å². The second kappa shape index (κ2) is 4.86. The summed E-state index contributed by atoms with van der Waals surface area (Å²) in [5, 5.41) is 10.8.